The fourth-order valence-corrected chi connectivity index (χ4v) is 3.95. The van der Waals surface area contributed by atoms with Gasteiger partial charge in [-0.15, -0.1) is 0 Å². The number of nitrogens with zero attached hydrogens (tertiary/aromatic N) is 2. The number of aromatic nitrogens is 1. The van der Waals surface area contributed by atoms with E-state index in [1.807, 2.05) is 67.6 Å². The predicted octanol–water partition coefficient (Wildman–Crippen LogP) is 5.53. The molecule has 170 valence electrons. The maximum absolute atomic E-state index is 5.91. The summed E-state index contributed by atoms with van der Waals surface area (Å²) < 4.78 is 23.8. The van der Waals surface area contributed by atoms with Gasteiger partial charge in [0.15, 0.2) is 11.5 Å². The molecular weight excluding hydrogens is 438 g/mol. The second-order valence-corrected chi connectivity index (χ2v) is 8.15. The largest absolute Gasteiger partial charge is 0.493 e. The third-order valence-corrected chi connectivity index (χ3v) is 5.71. The number of rotatable bonds is 10. The van der Waals surface area contributed by atoms with Crippen LogP contribution in [-0.2, 0) is 0 Å². The van der Waals surface area contributed by atoms with Crippen LogP contribution in [0.1, 0.15) is 11.1 Å². The molecule has 0 aliphatic carbocycles. The minimum Gasteiger partial charge on any atom is -0.493 e. The van der Waals surface area contributed by atoms with Crippen LogP contribution in [0.25, 0.3) is 10.2 Å². The molecule has 0 saturated heterocycles. The number of hydrazone groups is 1. The first-order valence-corrected chi connectivity index (χ1v) is 11.2. The molecule has 0 atom stereocenters. The van der Waals surface area contributed by atoms with Gasteiger partial charge in [0.1, 0.15) is 19.0 Å². The smallest absolute Gasteiger partial charge is 0.204 e. The highest BCUT2D eigenvalue weighted by atomic mass is 32.1. The van der Waals surface area contributed by atoms with Crippen LogP contribution in [-0.4, -0.2) is 38.6 Å². The molecule has 8 heteroatoms. The lowest BCUT2D eigenvalue weighted by Crippen LogP contribution is -2.10. The van der Waals surface area contributed by atoms with E-state index in [0.717, 1.165) is 26.7 Å². The number of benzene rings is 3. The zero-order valence-corrected chi connectivity index (χ0v) is 19.5. The first kappa shape index (κ1) is 22.4. The van der Waals surface area contributed by atoms with Crippen molar-refractivity contribution in [3.63, 3.8) is 0 Å². The Kier molecular flexibility index (Phi) is 7.26. The summed E-state index contributed by atoms with van der Waals surface area (Å²) >= 11 is 1.54. The van der Waals surface area contributed by atoms with E-state index >= 15 is 0 Å². The van der Waals surface area contributed by atoms with Crippen LogP contribution in [0.2, 0.25) is 0 Å². The Bertz CT molecular complexity index is 1180. The minimum absolute atomic E-state index is 0.340. The van der Waals surface area contributed by atoms with Gasteiger partial charge in [0.2, 0.25) is 10.9 Å². The maximum Gasteiger partial charge on any atom is 0.204 e. The maximum atomic E-state index is 5.91. The van der Waals surface area contributed by atoms with E-state index in [-0.39, 0.29) is 0 Å². The van der Waals surface area contributed by atoms with E-state index in [2.05, 4.69) is 15.5 Å². The summed E-state index contributed by atoms with van der Waals surface area (Å²) in [6.45, 7) is 2.77. The van der Waals surface area contributed by atoms with E-state index in [9.17, 15) is 0 Å². The summed E-state index contributed by atoms with van der Waals surface area (Å²) in [6, 6.07) is 19.5. The van der Waals surface area contributed by atoms with Crippen molar-refractivity contribution < 1.29 is 18.9 Å². The van der Waals surface area contributed by atoms with Crippen molar-refractivity contribution in [3.8, 4) is 23.0 Å². The van der Waals surface area contributed by atoms with Gasteiger partial charge in [-0.1, -0.05) is 41.2 Å². The van der Waals surface area contributed by atoms with Crippen LogP contribution < -0.4 is 24.4 Å². The van der Waals surface area contributed by atoms with Gasteiger partial charge in [0.05, 0.1) is 30.7 Å². The molecule has 0 unspecified atom stereocenters. The Morgan fingerprint density at radius 1 is 0.939 bits per heavy atom. The zero-order chi connectivity index (χ0) is 23.0. The van der Waals surface area contributed by atoms with Crippen LogP contribution in [0.15, 0.2) is 65.8 Å². The zero-order valence-electron chi connectivity index (χ0n) is 18.7. The molecule has 33 heavy (non-hydrogen) atoms. The molecule has 0 bridgehead atoms. The number of anilines is 1. The van der Waals surface area contributed by atoms with Crippen LogP contribution in [0.4, 0.5) is 5.13 Å². The van der Waals surface area contributed by atoms with Crippen LogP contribution in [0.5, 0.6) is 23.0 Å². The van der Waals surface area contributed by atoms with Crippen molar-refractivity contribution in [2.45, 2.75) is 6.92 Å². The fourth-order valence-electron chi connectivity index (χ4n) is 3.14. The fraction of sp³-hybridized carbons (Fsp3) is 0.200. The van der Waals surface area contributed by atoms with Gasteiger partial charge < -0.3 is 18.9 Å². The minimum atomic E-state index is 0.340. The average Bonchev–Trinajstić information content (AvgIpc) is 3.26. The molecule has 0 aliphatic rings. The highest BCUT2D eigenvalue weighted by molar-refractivity contribution is 7.22. The number of ether oxygens (including phenoxy) is 4. The number of fused-ring (bicyclic) bond motifs is 1. The molecule has 0 radical (unpaired) electrons. The monoisotopic (exact) mass is 463 g/mol. The van der Waals surface area contributed by atoms with E-state index in [1.54, 1.807) is 31.8 Å². The second-order valence-electron chi connectivity index (χ2n) is 7.12. The number of hydrogen-bond donors (Lipinski definition) is 1. The van der Waals surface area contributed by atoms with Crippen LogP contribution in [0, 0.1) is 6.92 Å². The third-order valence-electron chi connectivity index (χ3n) is 4.77. The van der Waals surface area contributed by atoms with Crippen molar-refractivity contribution in [1.82, 2.24) is 4.98 Å². The molecular formula is C25H25N3O4S. The Balaban J connectivity index is 1.40. The molecule has 3 aromatic carbocycles. The standard InChI is InChI=1S/C25H25N3O4S/c1-17-8-10-19(11-9-17)31-12-13-32-24-21(29-2)14-18(15-22(24)30-3)16-26-28-25-27-20-6-4-5-7-23(20)33-25/h4-11,14-16H,12-13H2,1-3H3,(H,27,28). The van der Waals surface area contributed by atoms with Crippen molar-refractivity contribution >= 4 is 32.9 Å². The summed E-state index contributed by atoms with van der Waals surface area (Å²) in [4.78, 5) is 4.51. The summed E-state index contributed by atoms with van der Waals surface area (Å²) in [5, 5.41) is 5.03. The van der Waals surface area contributed by atoms with E-state index in [1.165, 1.54) is 5.56 Å². The normalized spacial score (nSPS) is 11.0. The molecule has 0 aliphatic heterocycles. The molecule has 0 spiro atoms. The van der Waals surface area contributed by atoms with E-state index < -0.39 is 0 Å². The lowest BCUT2D eigenvalue weighted by atomic mass is 10.2. The topological polar surface area (TPSA) is 74.2 Å². The molecule has 4 aromatic rings. The van der Waals surface area contributed by atoms with Crippen molar-refractivity contribution in [1.29, 1.82) is 0 Å². The first-order chi connectivity index (χ1) is 16.2. The van der Waals surface area contributed by atoms with Crippen molar-refractivity contribution in [2.24, 2.45) is 5.10 Å². The predicted molar refractivity (Wildman–Crippen MR) is 133 cm³/mol. The Hall–Kier alpha value is -3.78. The lowest BCUT2D eigenvalue weighted by molar-refractivity contribution is 0.205. The van der Waals surface area contributed by atoms with Gasteiger partial charge >= 0.3 is 0 Å². The SMILES string of the molecule is COc1cc(C=NNc2nc3ccccc3s2)cc(OC)c1OCCOc1ccc(C)cc1. The van der Waals surface area contributed by atoms with Gasteiger partial charge in [-0.3, -0.25) is 5.43 Å². The second kappa shape index (κ2) is 10.7. The lowest BCUT2D eigenvalue weighted by Gasteiger charge is -2.15. The summed E-state index contributed by atoms with van der Waals surface area (Å²) in [5.74, 6) is 2.41. The third kappa shape index (κ3) is 5.72. The number of para-hydroxylation sites is 1. The quantitative estimate of drug-likeness (QED) is 0.189. The number of hydrogen-bond acceptors (Lipinski definition) is 8. The number of nitrogens with one attached hydrogen (secondary N) is 1. The Labute approximate surface area is 196 Å². The van der Waals surface area contributed by atoms with Crippen molar-refractivity contribution in [3.05, 3.63) is 71.8 Å². The number of aryl methyl sites for hydroxylation is 1. The Morgan fingerprint density at radius 3 is 2.33 bits per heavy atom. The van der Waals surface area contributed by atoms with Crippen LogP contribution >= 0.6 is 11.3 Å². The first-order valence-electron chi connectivity index (χ1n) is 10.4. The summed E-state index contributed by atoms with van der Waals surface area (Å²) in [5.41, 5.74) is 5.90. The Morgan fingerprint density at radius 2 is 1.64 bits per heavy atom. The van der Waals surface area contributed by atoms with Crippen molar-refractivity contribution in [2.75, 3.05) is 32.9 Å². The number of thiazole rings is 1. The molecule has 4 rings (SSSR count). The van der Waals surface area contributed by atoms with E-state index in [4.69, 9.17) is 18.9 Å². The van der Waals surface area contributed by atoms with Crippen LogP contribution in [0.3, 0.4) is 0 Å². The van der Waals surface area contributed by atoms with E-state index in [0.29, 0.717) is 30.5 Å². The highest BCUT2D eigenvalue weighted by Crippen LogP contribution is 2.38. The van der Waals surface area contributed by atoms with Gasteiger partial charge in [-0.25, -0.2) is 4.98 Å². The van der Waals surface area contributed by atoms with Gasteiger partial charge in [0, 0.05) is 5.56 Å². The highest BCUT2D eigenvalue weighted by Gasteiger charge is 2.14. The number of methoxy groups -OCH3 is 2. The van der Waals surface area contributed by atoms with Gasteiger partial charge in [-0.2, -0.15) is 5.10 Å². The average molecular weight is 464 g/mol. The molecule has 7 nitrogen and oxygen atoms in total. The van der Waals surface area contributed by atoms with Gasteiger partial charge in [0.25, 0.3) is 0 Å². The molecule has 0 fully saturated rings. The summed E-state index contributed by atoms with van der Waals surface area (Å²) in [7, 11) is 3.18. The molecule has 1 heterocycles. The van der Waals surface area contributed by atoms with Gasteiger partial charge in [-0.05, 0) is 43.3 Å². The molecule has 0 amide bonds. The molecule has 1 N–H and O–H groups in total. The molecule has 0 saturated carbocycles. The molecule has 1 aromatic heterocycles. The summed E-state index contributed by atoms with van der Waals surface area (Å²) in [6.07, 6.45) is 1.68.